The van der Waals surface area contributed by atoms with Crippen molar-refractivity contribution in [2.24, 2.45) is 5.10 Å². The van der Waals surface area contributed by atoms with Gasteiger partial charge in [-0.3, -0.25) is 4.79 Å². The van der Waals surface area contributed by atoms with Crippen molar-refractivity contribution in [2.75, 3.05) is 0 Å². The van der Waals surface area contributed by atoms with Gasteiger partial charge in [0.15, 0.2) is 0 Å². The van der Waals surface area contributed by atoms with Gasteiger partial charge in [-0.15, -0.1) is 0 Å². The number of nitrogens with zero attached hydrogens (tertiary/aromatic N) is 1. The number of hydrogen-bond acceptors (Lipinski definition) is 4. The van der Waals surface area contributed by atoms with Crippen molar-refractivity contribution in [3.8, 4) is 5.75 Å². The number of amides is 1. The summed E-state index contributed by atoms with van der Waals surface area (Å²) < 4.78 is 6.25. The minimum absolute atomic E-state index is 0.299. The number of hydrazone groups is 1. The Morgan fingerprint density at radius 2 is 1.50 bits per heavy atom. The molecule has 28 heavy (non-hydrogen) atoms. The van der Waals surface area contributed by atoms with Crippen LogP contribution in [0.3, 0.4) is 0 Å². The van der Waals surface area contributed by atoms with E-state index in [1.807, 2.05) is 19.1 Å². The highest BCUT2D eigenvalue weighted by Gasteiger charge is 2.08. The third kappa shape index (κ3) is 5.37. The molecule has 5 nitrogen and oxygen atoms in total. The molecule has 140 valence electrons. The van der Waals surface area contributed by atoms with E-state index in [4.69, 9.17) is 4.74 Å². The van der Waals surface area contributed by atoms with Gasteiger partial charge >= 0.3 is 5.97 Å². The monoisotopic (exact) mass is 436 g/mol. The summed E-state index contributed by atoms with van der Waals surface area (Å²) in [6.07, 6.45) is 1.52. The van der Waals surface area contributed by atoms with Crippen LogP contribution in [0, 0.1) is 6.92 Å². The first-order valence-electron chi connectivity index (χ1n) is 8.49. The highest BCUT2D eigenvalue weighted by molar-refractivity contribution is 9.10. The zero-order valence-corrected chi connectivity index (χ0v) is 16.6. The van der Waals surface area contributed by atoms with Crippen molar-refractivity contribution in [2.45, 2.75) is 6.92 Å². The number of rotatable bonds is 5. The first kappa shape index (κ1) is 19.5. The van der Waals surface area contributed by atoms with Gasteiger partial charge in [-0.05, 0) is 73.2 Å². The van der Waals surface area contributed by atoms with Gasteiger partial charge in [0.1, 0.15) is 5.75 Å². The molecule has 3 aromatic rings. The Bertz CT molecular complexity index is 995. The molecule has 0 spiro atoms. The Hall–Kier alpha value is -3.25. The van der Waals surface area contributed by atoms with Gasteiger partial charge in [0.05, 0.1) is 11.8 Å². The van der Waals surface area contributed by atoms with Gasteiger partial charge < -0.3 is 4.74 Å². The lowest BCUT2D eigenvalue weighted by atomic mass is 10.1. The number of nitrogens with one attached hydrogen (secondary N) is 1. The zero-order chi connectivity index (χ0) is 19.9. The van der Waals surface area contributed by atoms with Gasteiger partial charge in [0.2, 0.25) is 0 Å². The fourth-order valence-electron chi connectivity index (χ4n) is 2.31. The van der Waals surface area contributed by atoms with Crippen molar-refractivity contribution < 1.29 is 14.3 Å². The first-order valence-corrected chi connectivity index (χ1v) is 9.28. The maximum absolute atomic E-state index is 12.1. The van der Waals surface area contributed by atoms with E-state index in [2.05, 4.69) is 26.5 Å². The quantitative estimate of drug-likeness (QED) is 0.271. The van der Waals surface area contributed by atoms with E-state index < -0.39 is 5.97 Å². The van der Waals surface area contributed by atoms with Crippen LogP contribution in [-0.2, 0) is 0 Å². The van der Waals surface area contributed by atoms with E-state index >= 15 is 0 Å². The predicted octanol–water partition coefficient (Wildman–Crippen LogP) is 4.74. The second-order valence-corrected chi connectivity index (χ2v) is 6.95. The first-order chi connectivity index (χ1) is 13.5. The minimum atomic E-state index is -0.414. The summed E-state index contributed by atoms with van der Waals surface area (Å²) in [5.41, 5.74) is 5.31. The van der Waals surface area contributed by atoms with Crippen molar-refractivity contribution >= 4 is 34.0 Å². The molecular weight excluding hydrogens is 420 g/mol. The molecule has 0 aliphatic heterocycles. The van der Waals surface area contributed by atoms with Crippen LogP contribution in [0.1, 0.15) is 31.8 Å². The largest absolute Gasteiger partial charge is 0.423 e. The van der Waals surface area contributed by atoms with E-state index in [0.29, 0.717) is 16.9 Å². The molecule has 1 N–H and O–H groups in total. The Balaban J connectivity index is 1.55. The van der Waals surface area contributed by atoms with Gasteiger partial charge in [0.25, 0.3) is 5.91 Å². The number of aryl methyl sites for hydroxylation is 1. The molecule has 0 aromatic heterocycles. The van der Waals surface area contributed by atoms with Crippen molar-refractivity contribution in [1.82, 2.24) is 5.43 Å². The molecule has 0 aliphatic carbocycles. The van der Waals surface area contributed by atoms with Crippen LogP contribution < -0.4 is 10.2 Å². The number of carbonyl (C=O) groups is 2. The summed E-state index contributed by atoms with van der Waals surface area (Å²) in [7, 11) is 0. The van der Waals surface area contributed by atoms with Crippen LogP contribution >= 0.6 is 15.9 Å². The Labute approximate surface area is 171 Å². The second-order valence-electron chi connectivity index (χ2n) is 6.03. The fourth-order valence-corrected chi connectivity index (χ4v) is 2.57. The number of benzene rings is 3. The van der Waals surface area contributed by atoms with Crippen molar-refractivity contribution in [3.05, 3.63) is 99.5 Å². The highest BCUT2D eigenvalue weighted by atomic mass is 79.9. The molecular formula is C22H17BrN2O3. The van der Waals surface area contributed by atoms with E-state index in [1.165, 1.54) is 6.21 Å². The summed E-state index contributed by atoms with van der Waals surface area (Å²) in [5.74, 6) is -0.280. The average Bonchev–Trinajstić information content (AvgIpc) is 2.70. The molecule has 6 heteroatoms. The lowest BCUT2D eigenvalue weighted by Gasteiger charge is -2.05. The van der Waals surface area contributed by atoms with Crippen molar-refractivity contribution in [1.29, 1.82) is 0 Å². The third-order valence-corrected chi connectivity index (χ3v) is 4.39. The standard InChI is InChI=1S/C22H17BrN2O3/c1-15-2-6-18(7-3-15)22(27)28-20-12-4-16(5-13-20)14-24-25-21(26)17-8-10-19(23)11-9-17/h2-14H,1H3,(H,25,26)/b24-14+. The molecule has 3 rings (SSSR count). The highest BCUT2D eigenvalue weighted by Crippen LogP contribution is 2.14. The maximum atomic E-state index is 12.1. The molecule has 0 heterocycles. The SMILES string of the molecule is Cc1ccc(C(=O)Oc2ccc(/C=N/NC(=O)c3ccc(Br)cc3)cc2)cc1. The molecule has 3 aromatic carbocycles. The van der Waals surface area contributed by atoms with Crippen molar-refractivity contribution in [3.63, 3.8) is 0 Å². The van der Waals surface area contributed by atoms with E-state index in [-0.39, 0.29) is 5.91 Å². The number of esters is 1. The van der Waals surface area contributed by atoms with Crippen LogP contribution in [0.2, 0.25) is 0 Å². The van der Waals surface area contributed by atoms with E-state index in [0.717, 1.165) is 15.6 Å². The fraction of sp³-hybridized carbons (Fsp3) is 0.0455. The van der Waals surface area contributed by atoms with Gasteiger partial charge in [-0.25, -0.2) is 10.2 Å². The van der Waals surface area contributed by atoms with Crippen LogP contribution in [0.5, 0.6) is 5.75 Å². The lowest BCUT2D eigenvalue weighted by molar-refractivity contribution is 0.0734. The Morgan fingerprint density at radius 1 is 0.893 bits per heavy atom. The smallest absolute Gasteiger partial charge is 0.343 e. The average molecular weight is 437 g/mol. The molecule has 0 radical (unpaired) electrons. The molecule has 0 bridgehead atoms. The second kappa shape index (κ2) is 9.10. The summed E-state index contributed by atoms with van der Waals surface area (Å²) in [6.45, 7) is 1.96. The summed E-state index contributed by atoms with van der Waals surface area (Å²) in [6, 6.07) is 21.0. The maximum Gasteiger partial charge on any atom is 0.343 e. The Morgan fingerprint density at radius 3 is 2.14 bits per heavy atom. The van der Waals surface area contributed by atoms with Crippen LogP contribution in [0.15, 0.2) is 82.4 Å². The molecule has 0 atom stereocenters. The predicted molar refractivity (Wildman–Crippen MR) is 112 cm³/mol. The molecule has 0 unspecified atom stereocenters. The van der Waals surface area contributed by atoms with E-state index in [9.17, 15) is 9.59 Å². The summed E-state index contributed by atoms with van der Waals surface area (Å²) in [5, 5.41) is 3.94. The van der Waals surface area contributed by atoms with Crippen LogP contribution in [0.25, 0.3) is 0 Å². The number of halogens is 1. The third-order valence-electron chi connectivity index (χ3n) is 3.86. The molecule has 0 saturated heterocycles. The lowest BCUT2D eigenvalue weighted by Crippen LogP contribution is -2.17. The topological polar surface area (TPSA) is 67.8 Å². The number of hydrogen-bond donors (Lipinski definition) is 1. The molecule has 1 amide bonds. The van der Waals surface area contributed by atoms with Gasteiger partial charge in [-0.2, -0.15) is 5.10 Å². The minimum Gasteiger partial charge on any atom is -0.423 e. The zero-order valence-electron chi connectivity index (χ0n) is 15.1. The molecule has 0 fully saturated rings. The van der Waals surface area contributed by atoms with Gasteiger partial charge in [-0.1, -0.05) is 33.6 Å². The number of ether oxygens (including phenoxy) is 1. The molecule has 0 saturated carbocycles. The molecule has 0 aliphatic rings. The van der Waals surface area contributed by atoms with Crippen LogP contribution in [0.4, 0.5) is 0 Å². The van der Waals surface area contributed by atoms with Gasteiger partial charge in [0, 0.05) is 10.0 Å². The normalized spacial score (nSPS) is 10.6. The van der Waals surface area contributed by atoms with E-state index in [1.54, 1.807) is 60.7 Å². The van der Waals surface area contributed by atoms with Crippen LogP contribution in [-0.4, -0.2) is 18.1 Å². The summed E-state index contributed by atoms with van der Waals surface area (Å²) >= 11 is 3.32. The summed E-state index contributed by atoms with van der Waals surface area (Å²) in [4.78, 5) is 24.1. The Kier molecular flexibility index (Phi) is 6.34. The number of carbonyl (C=O) groups excluding carboxylic acids is 2.